The Hall–Kier alpha value is -1.69. The standard InChI is InChI=1S/C18H24N2O2S/c1-12(8-9-14-6-4-3-5-7-14)20-13(2)17(21)16-10-15(11-23-16)18(19)22/h3-7,10-13,17,20-21H,8-9H2,1-2H3,(H2,19,22). The zero-order valence-corrected chi connectivity index (χ0v) is 14.3. The second-order valence-electron chi connectivity index (χ2n) is 5.93. The van der Waals surface area contributed by atoms with Crippen molar-refractivity contribution in [2.45, 2.75) is 44.9 Å². The molecule has 4 nitrogen and oxygen atoms in total. The number of aliphatic hydroxyl groups is 1. The highest BCUT2D eigenvalue weighted by molar-refractivity contribution is 7.10. The molecule has 0 aliphatic heterocycles. The maximum Gasteiger partial charge on any atom is 0.249 e. The fourth-order valence-corrected chi connectivity index (χ4v) is 3.52. The summed E-state index contributed by atoms with van der Waals surface area (Å²) in [4.78, 5) is 11.9. The van der Waals surface area contributed by atoms with Crippen molar-refractivity contribution >= 4 is 17.2 Å². The van der Waals surface area contributed by atoms with Gasteiger partial charge in [-0.3, -0.25) is 4.79 Å². The molecule has 5 heteroatoms. The summed E-state index contributed by atoms with van der Waals surface area (Å²) in [7, 11) is 0. The van der Waals surface area contributed by atoms with E-state index in [0.29, 0.717) is 5.56 Å². The van der Waals surface area contributed by atoms with E-state index in [0.717, 1.165) is 17.7 Å². The van der Waals surface area contributed by atoms with Crippen molar-refractivity contribution in [2.24, 2.45) is 5.73 Å². The molecule has 0 bridgehead atoms. The summed E-state index contributed by atoms with van der Waals surface area (Å²) in [6.45, 7) is 4.07. The minimum absolute atomic E-state index is 0.0971. The smallest absolute Gasteiger partial charge is 0.249 e. The number of nitrogens with one attached hydrogen (secondary N) is 1. The van der Waals surface area contributed by atoms with Gasteiger partial charge in [-0.05, 0) is 38.3 Å². The Morgan fingerprint density at radius 1 is 1.30 bits per heavy atom. The first-order valence-electron chi connectivity index (χ1n) is 7.83. The molecular formula is C18H24N2O2S. The van der Waals surface area contributed by atoms with Crippen LogP contribution in [0.5, 0.6) is 0 Å². The first-order valence-corrected chi connectivity index (χ1v) is 8.71. The van der Waals surface area contributed by atoms with Gasteiger partial charge in [0.15, 0.2) is 0 Å². The van der Waals surface area contributed by atoms with Gasteiger partial charge in [-0.1, -0.05) is 30.3 Å². The fourth-order valence-electron chi connectivity index (χ4n) is 2.53. The van der Waals surface area contributed by atoms with Crippen LogP contribution in [0.25, 0.3) is 0 Å². The lowest BCUT2D eigenvalue weighted by atomic mass is 10.0. The second-order valence-corrected chi connectivity index (χ2v) is 6.87. The maximum atomic E-state index is 11.1. The fraction of sp³-hybridized carbons (Fsp3) is 0.389. The van der Waals surface area contributed by atoms with Gasteiger partial charge in [-0.2, -0.15) is 0 Å². The average molecular weight is 332 g/mol. The number of aryl methyl sites for hydroxylation is 1. The van der Waals surface area contributed by atoms with Gasteiger partial charge >= 0.3 is 0 Å². The van der Waals surface area contributed by atoms with Crippen molar-refractivity contribution in [1.82, 2.24) is 5.32 Å². The topological polar surface area (TPSA) is 75.3 Å². The first-order chi connectivity index (χ1) is 11.0. The predicted octanol–water partition coefficient (Wildman–Crippen LogP) is 2.88. The number of rotatable bonds is 8. The number of hydrogen-bond acceptors (Lipinski definition) is 4. The number of benzene rings is 1. The van der Waals surface area contributed by atoms with Gasteiger partial charge < -0.3 is 16.2 Å². The molecule has 3 atom stereocenters. The maximum absolute atomic E-state index is 11.1. The van der Waals surface area contributed by atoms with Crippen LogP contribution in [0, 0.1) is 0 Å². The SMILES string of the molecule is CC(CCc1ccccc1)NC(C)C(O)c1cc(C(N)=O)cs1. The Kier molecular flexibility index (Phi) is 6.33. The quantitative estimate of drug-likeness (QED) is 0.696. The van der Waals surface area contributed by atoms with Crippen LogP contribution in [0.2, 0.25) is 0 Å². The van der Waals surface area contributed by atoms with E-state index in [9.17, 15) is 9.90 Å². The molecule has 1 aromatic heterocycles. The number of carbonyl (C=O) groups excluding carboxylic acids is 1. The van der Waals surface area contributed by atoms with Crippen molar-refractivity contribution in [2.75, 3.05) is 0 Å². The van der Waals surface area contributed by atoms with E-state index in [4.69, 9.17) is 5.73 Å². The van der Waals surface area contributed by atoms with E-state index in [-0.39, 0.29) is 12.1 Å². The Morgan fingerprint density at radius 3 is 2.61 bits per heavy atom. The lowest BCUT2D eigenvalue weighted by molar-refractivity contribution is 0.1000. The molecule has 3 unspecified atom stereocenters. The third-order valence-corrected chi connectivity index (χ3v) is 4.93. The number of aliphatic hydroxyl groups excluding tert-OH is 1. The molecule has 124 valence electrons. The molecule has 4 N–H and O–H groups in total. The summed E-state index contributed by atoms with van der Waals surface area (Å²) in [6, 6.07) is 12.2. The number of hydrogen-bond donors (Lipinski definition) is 3. The van der Waals surface area contributed by atoms with Crippen LogP contribution in [0.3, 0.4) is 0 Å². The zero-order valence-electron chi connectivity index (χ0n) is 13.5. The van der Waals surface area contributed by atoms with Crippen LogP contribution in [-0.2, 0) is 6.42 Å². The second kappa shape index (κ2) is 8.24. The third kappa shape index (κ3) is 5.16. The number of thiophene rings is 1. The molecule has 0 radical (unpaired) electrons. The minimum Gasteiger partial charge on any atom is -0.386 e. The Labute approximate surface area is 141 Å². The molecule has 1 amide bonds. The van der Waals surface area contributed by atoms with E-state index < -0.39 is 12.0 Å². The zero-order chi connectivity index (χ0) is 16.8. The van der Waals surface area contributed by atoms with Gasteiger partial charge in [-0.15, -0.1) is 11.3 Å². The van der Waals surface area contributed by atoms with E-state index in [2.05, 4.69) is 24.4 Å². The van der Waals surface area contributed by atoms with Gasteiger partial charge in [0.1, 0.15) is 6.10 Å². The van der Waals surface area contributed by atoms with Crippen LogP contribution in [-0.4, -0.2) is 23.1 Å². The van der Waals surface area contributed by atoms with Gasteiger partial charge in [0.25, 0.3) is 0 Å². The summed E-state index contributed by atoms with van der Waals surface area (Å²) in [5.41, 5.74) is 7.02. The largest absolute Gasteiger partial charge is 0.386 e. The predicted molar refractivity (Wildman–Crippen MR) is 94.6 cm³/mol. The number of primary amides is 1. The summed E-state index contributed by atoms with van der Waals surface area (Å²) in [5.74, 6) is -0.462. The van der Waals surface area contributed by atoms with Crippen LogP contribution < -0.4 is 11.1 Å². The highest BCUT2D eigenvalue weighted by Crippen LogP contribution is 2.25. The van der Waals surface area contributed by atoms with Gasteiger partial charge in [0, 0.05) is 22.3 Å². The Bertz CT molecular complexity index is 627. The van der Waals surface area contributed by atoms with Gasteiger partial charge in [0.05, 0.1) is 5.56 Å². The first kappa shape index (κ1) is 17.7. The van der Waals surface area contributed by atoms with E-state index in [1.165, 1.54) is 16.9 Å². The molecule has 1 heterocycles. The van der Waals surface area contributed by atoms with Crippen LogP contribution in [0.1, 0.15) is 47.2 Å². The molecule has 0 fully saturated rings. The molecule has 0 aliphatic carbocycles. The molecule has 0 saturated heterocycles. The van der Waals surface area contributed by atoms with E-state index in [1.807, 2.05) is 25.1 Å². The van der Waals surface area contributed by atoms with Crippen LogP contribution in [0.15, 0.2) is 41.8 Å². The van der Waals surface area contributed by atoms with Crippen molar-refractivity contribution < 1.29 is 9.90 Å². The van der Waals surface area contributed by atoms with Gasteiger partial charge in [0.2, 0.25) is 5.91 Å². The third-order valence-electron chi connectivity index (χ3n) is 3.93. The molecule has 23 heavy (non-hydrogen) atoms. The molecule has 2 rings (SSSR count). The molecular weight excluding hydrogens is 308 g/mol. The molecule has 1 aromatic carbocycles. The number of amides is 1. The van der Waals surface area contributed by atoms with Crippen molar-refractivity contribution in [3.63, 3.8) is 0 Å². The molecule has 0 aliphatic rings. The van der Waals surface area contributed by atoms with Gasteiger partial charge in [-0.25, -0.2) is 0 Å². The van der Waals surface area contributed by atoms with Crippen LogP contribution in [0.4, 0.5) is 0 Å². The summed E-state index contributed by atoms with van der Waals surface area (Å²) < 4.78 is 0. The highest BCUT2D eigenvalue weighted by Gasteiger charge is 2.20. The molecule has 0 saturated carbocycles. The minimum atomic E-state index is -0.646. The monoisotopic (exact) mass is 332 g/mol. The van der Waals surface area contributed by atoms with E-state index >= 15 is 0 Å². The Morgan fingerprint density at radius 2 is 2.00 bits per heavy atom. The summed E-state index contributed by atoms with van der Waals surface area (Å²) in [5, 5.41) is 15.5. The molecule has 0 spiro atoms. The molecule has 2 aromatic rings. The van der Waals surface area contributed by atoms with Crippen LogP contribution >= 0.6 is 11.3 Å². The average Bonchev–Trinajstić information content (AvgIpc) is 3.03. The van der Waals surface area contributed by atoms with Crippen molar-refractivity contribution in [1.29, 1.82) is 0 Å². The normalized spacial score (nSPS) is 15.1. The van der Waals surface area contributed by atoms with Crippen molar-refractivity contribution in [3.8, 4) is 0 Å². The lowest BCUT2D eigenvalue weighted by Crippen LogP contribution is -2.38. The summed E-state index contributed by atoms with van der Waals surface area (Å²) in [6.07, 6.45) is 1.35. The number of nitrogens with two attached hydrogens (primary N) is 1. The summed E-state index contributed by atoms with van der Waals surface area (Å²) >= 11 is 1.36. The lowest BCUT2D eigenvalue weighted by Gasteiger charge is -2.24. The van der Waals surface area contributed by atoms with Crippen molar-refractivity contribution in [3.05, 3.63) is 57.8 Å². The Balaban J connectivity index is 1.84. The number of carbonyl (C=O) groups is 1. The van der Waals surface area contributed by atoms with E-state index in [1.54, 1.807) is 11.4 Å². The highest BCUT2D eigenvalue weighted by atomic mass is 32.1.